The fourth-order valence-corrected chi connectivity index (χ4v) is 3.99. The van der Waals surface area contributed by atoms with Crippen molar-refractivity contribution in [2.75, 3.05) is 20.8 Å². The van der Waals surface area contributed by atoms with Gasteiger partial charge in [0.1, 0.15) is 5.76 Å². The van der Waals surface area contributed by atoms with Crippen molar-refractivity contribution >= 4 is 0 Å². The summed E-state index contributed by atoms with van der Waals surface area (Å²) in [6.45, 7) is 7.09. The maximum absolute atomic E-state index is 5.98. The molecule has 1 heterocycles. The Kier molecular flexibility index (Phi) is 17.1. The lowest BCUT2D eigenvalue weighted by Gasteiger charge is -2.22. The van der Waals surface area contributed by atoms with Crippen molar-refractivity contribution < 1.29 is 9.47 Å². The SMILES string of the molecule is CC.CCCCCCCCc1ccc(C2C=CC(OCC3CC=CCC3)=CN2)cc1.COC. The first-order valence-electron chi connectivity index (χ1n) is 13.2. The van der Waals surface area contributed by atoms with Crippen molar-refractivity contribution in [1.82, 2.24) is 5.32 Å². The van der Waals surface area contributed by atoms with Crippen LogP contribution in [0.3, 0.4) is 0 Å². The summed E-state index contributed by atoms with van der Waals surface area (Å²) in [7, 11) is 3.25. The number of benzene rings is 1. The molecular weight excluding hydrogens is 406 g/mol. The molecule has 0 aromatic heterocycles. The molecule has 0 radical (unpaired) electrons. The molecule has 1 aromatic rings. The number of allylic oxidation sites excluding steroid dienone is 3. The molecule has 2 atom stereocenters. The Hall–Kier alpha value is -2.00. The quantitative estimate of drug-likeness (QED) is 0.269. The van der Waals surface area contributed by atoms with E-state index in [4.69, 9.17) is 4.74 Å². The van der Waals surface area contributed by atoms with Crippen LogP contribution in [0.5, 0.6) is 0 Å². The van der Waals surface area contributed by atoms with E-state index in [9.17, 15) is 0 Å². The monoisotopic (exact) mass is 455 g/mol. The summed E-state index contributed by atoms with van der Waals surface area (Å²) < 4.78 is 10.2. The van der Waals surface area contributed by atoms with Gasteiger partial charge in [-0.15, -0.1) is 0 Å². The van der Waals surface area contributed by atoms with Gasteiger partial charge in [-0.05, 0) is 55.2 Å². The van der Waals surface area contributed by atoms with Gasteiger partial charge in [0.2, 0.25) is 0 Å². The summed E-state index contributed by atoms with van der Waals surface area (Å²) >= 11 is 0. The molecule has 33 heavy (non-hydrogen) atoms. The fourth-order valence-electron chi connectivity index (χ4n) is 3.99. The van der Waals surface area contributed by atoms with Crippen LogP contribution >= 0.6 is 0 Å². The molecule has 0 bridgehead atoms. The molecule has 3 heteroatoms. The van der Waals surface area contributed by atoms with E-state index in [-0.39, 0.29) is 6.04 Å². The number of methoxy groups -OCH3 is 1. The van der Waals surface area contributed by atoms with Gasteiger partial charge in [-0.1, -0.05) is 95.4 Å². The summed E-state index contributed by atoms with van der Waals surface area (Å²) in [4.78, 5) is 0. The number of unbranched alkanes of at least 4 members (excludes halogenated alkanes) is 5. The highest BCUT2D eigenvalue weighted by atomic mass is 16.5. The van der Waals surface area contributed by atoms with E-state index in [1.807, 2.05) is 20.0 Å². The van der Waals surface area contributed by atoms with Crippen LogP contribution in [0, 0.1) is 5.92 Å². The summed E-state index contributed by atoms with van der Waals surface area (Å²) in [5, 5.41) is 3.48. The fraction of sp³-hybridized carbons (Fsp3) is 0.600. The lowest BCUT2D eigenvalue weighted by Crippen LogP contribution is -2.18. The number of aryl methyl sites for hydroxylation is 1. The normalized spacial score (nSPS) is 18.8. The smallest absolute Gasteiger partial charge is 0.134 e. The summed E-state index contributed by atoms with van der Waals surface area (Å²) in [6.07, 6.45) is 23.9. The average Bonchev–Trinajstić information content (AvgIpc) is 2.88. The maximum Gasteiger partial charge on any atom is 0.134 e. The van der Waals surface area contributed by atoms with Crippen molar-refractivity contribution in [1.29, 1.82) is 0 Å². The number of hydrogen-bond acceptors (Lipinski definition) is 3. The molecule has 3 rings (SSSR count). The Morgan fingerprint density at radius 1 is 0.939 bits per heavy atom. The number of hydrogen-bond donors (Lipinski definition) is 1. The molecule has 0 fully saturated rings. The molecule has 2 aliphatic rings. The van der Waals surface area contributed by atoms with E-state index in [1.165, 1.54) is 68.9 Å². The van der Waals surface area contributed by atoms with E-state index >= 15 is 0 Å². The van der Waals surface area contributed by atoms with Crippen LogP contribution in [0.4, 0.5) is 0 Å². The van der Waals surface area contributed by atoms with Crippen molar-refractivity contribution in [3.8, 4) is 0 Å². The molecule has 3 nitrogen and oxygen atoms in total. The van der Waals surface area contributed by atoms with Gasteiger partial charge < -0.3 is 14.8 Å². The third-order valence-electron chi connectivity index (χ3n) is 5.88. The van der Waals surface area contributed by atoms with E-state index < -0.39 is 0 Å². The second-order valence-electron chi connectivity index (χ2n) is 8.68. The molecule has 1 aliphatic carbocycles. The predicted octanol–water partition coefficient (Wildman–Crippen LogP) is 8.29. The van der Waals surface area contributed by atoms with Gasteiger partial charge in [-0.25, -0.2) is 0 Å². The molecule has 0 saturated carbocycles. The predicted molar refractivity (Wildman–Crippen MR) is 143 cm³/mol. The van der Waals surface area contributed by atoms with Gasteiger partial charge in [0, 0.05) is 20.4 Å². The zero-order valence-corrected chi connectivity index (χ0v) is 21.9. The molecular formula is C30H49NO2. The average molecular weight is 456 g/mol. The Morgan fingerprint density at radius 3 is 2.24 bits per heavy atom. The minimum Gasteiger partial charge on any atom is -0.492 e. The van der Waals surface area contributed by atoms with Crippen LogP contribution in [0.1, 0.15) is 95.7 Å². The van der Waals surface area contributed by atoms with E-state index in [0.29, 0.717) is 5.92 Å². The number of rotatable bonds is 11. The van der Waals surface area contributed by atoms with Gasteiger partial charge in [0.25, 0.3) is 0 Å². The van der Waals surface area contributed by atoms with Crippen molar-refractivity contribution in [3.63, 3.8) is 0 Å². The van der Waals surface area contributed by atoms with Crippen LogP contribution in [-0.2, 0) is 15.9 Å². The van der Waals surface area contributed by atoms with Crippen molar-refractivity contribution in [3.05, 3.63) is 71.7 Å². The Bertz CT molecular complexity index is 675. The van der Waals surface area contributed by atoms with E-state index in [0.717, 1.165) is 18.8 Å². The van der Waals surface area contributed by atoms with Gasteiger partial charge >= 0.3 is 0 Å². The Labute approximate surface area is 204 Å². The second-order valence-corrected chi connectivity index (χ2v) is 8.68. The van der Waals surface area contributed by atoms with Gasteiger partial charge in [-0.2, -0.15) is 0 Å². The first-order valence-corrected chi connectivity index (χ1v) is 13.2. The molecule has 0 amide bonds. The standard InChI is InChI=1S/C26H37NO.C2H6O.C2H6/c1-2-3-4-5-6-8-11-22-14-16-24(17-15-22)26-19-18-25(20-27-26)28-21-23-12-9-7-10-13-23;1-3-2;1-2/h7,9,14-20,23,26-27H,2-6,8,10-13,21H2,1H3;1-2H3;1-2H3. The summed E-state index contributed by atoms with van der Waals surface area (Å²) in [5.41, 5.74) is 2.77. The molecule has 1 aromatic carbocycles. The topological polar surface area (TPSA) is 30.5 Å². The van der Waals surface area contributed by atoms with Gasteiger partial charge in [0.05, 0.1) is 12.6 Å². The summed E-state index contributed by atoms with van der Waals surface area (Å²) in [5.74, 6) is 1.61. The largest absolute Gasteiger partial charge is 0.492 e. The molecule has 1 aliphatic heterocycles. The lowest BCUT2D eigenvalue weighted by molar-refractivity contribution is 0.166. The van der Waals surface area contributed by atoms with Crippen molar-refractivity contribution in [2.45, 2.75) is 91.0 Å². The number of ether oxygens (including phenoxy) is 2. The Morgan fingerprint density at radius 2 is 1.64 bits per heavy atom. The van der Waals surface area contributed by atoms with Crippen molar-refractivity contribution in [2.24, 2.45) is 5.92 Å². The highest BCUT2D eigenvalue weighted by molar-refractivity contribution is 5.31. The summed E-state index contributed by atoms with van der Waals surface area (Å²) in [6, 6.07) is 9.37. The highest BCUT2D eigenvalue weighted by Crippen LogP contribution is 2.23. The van der Waals surface area contributed by atoms with Crippen LogP contribution in [0.2, 0.25) is 0 Å². The molecule has 0 spiro atoms. The number of dihydropyridines is 1. The molecule has 2 unspecified atom stereocenters. The minimum atomic E-state index is 0.244. The minimum absolute atomic E-state index is 0.244. The van der Waals surface area contributed by atoms with Gasteiger partial charge in [0.15, 0.2) is 0 Å². The zero-order valence-electron chi connectivity index (χ0n) is 21.9. The molecule has 1 N–H and O–H groups in total. The lowest BCUT2D eigenvalue weighted by atomic mass is 9.95. The van der Waals surface area contributed by atoms with E-state index in [2.05, 4.69) is 65.5 Å². The first-order chi connectivity index (χ1) is 16.3. The molecule has 186 valence electrons. The van der Waals surface area contributed by atoms with Crippen LogP contribution in [0.15, 0.2) is 60.5 Å². The highest BCUT2D eigenvalue weighted by Gasteiger charge is 2.14. The first kappa shape index (κ1) is 29.0. The van der Waals surface area contributed by atoms with E-state index in [1.54, 1.807) is 14.2 Å². The third-order valence-corrected chi connectivity index (χ3v) is 5.88. The van der Waals surface area contributed by atoms with Crippen LogP contribution < -0.4 is 5.32 Å². The zero-order chi connectivity index (χ0) is 24.2. The molecule has 0 saturated heterocycles. The third kappa shape index (κ3) is 12.7. The number of nitrogens with one attached hydrogen (secondary N) is 1. The Balaban J connectivity index is 0.00000101. The maximum atomic E-state index is 5.98. The van der Waals surface area contributed by atoms with Gasteiger partial charge in [-0.3, -0.25) is 0 Å². The van der Waals surface area contributed by atoms with Crippen LogP contribution in [-0.4, -0.2) is 20.8 Å². The van der Waals surface area contributed by atoms with Crippen LogP contribution in [0.25, 0.3) is 0 Å². The second kappa shape index (κ2) is 19.5.